The van der Waals surface area contributed by atoms with Gasteiger partial charge in [0.1, 0.15) is 0 Å². The second-order valence-electron chi connectivity index (χ2n) is 5.16. The van der Waals surface area contributed by atoms with Gasteiger partial charge >= 0.3 is 5.97 Å². The van der Waals surface area contributed by atoms with Crippen molar-refractivity contribution >= 4 is 5.97 Å². The summed E-state index contributed by atoms with van der Waals surface area (Å²) in [6, 6.07) is 14.4. The number of aromatic nitrogens is 2. The molecule has 0 aliphatic carbocycles. The smallest absolute Gasteiger partial charge is 0.349 e. The largest absolute Gasteiger partial charge is 0.478 e. The number of carboxylic acid groups (broad SMARTS) is 1. The van der Waals surface area contributed by atoms with Crippen LogP contribution in [-0.4, -0.2) is 20.6 Å². The molecule has 1 aromatic carbocycles. The van der Waals surface area contributed by atoms with Crippen LogP contribution in [0.25, 0.3) is 5.82 Å². The van der Waals surface area contributed by atoms with E-state index in [1.54, 1.807) is 35.0 Å². The molecule has 116 valence electrons. The molecule has 1 N–H and O–H groups in total. The minimum atomic E-state index is -1.09. The van der Waals surface area contributed by atoms with E-state index in [1.807, 2.05) is 43.6 Å². The molecule has 0 amide bonds. The number of rotatable bonds is 5. The van der Waals surface area contributed by atoms with Gasteiger partial charge in [0, 0.05) is 24.2 Å². The standard InChI is InChI=1S/C18H16N2O3/c1-13-6-8-14(9-7-13)16(18(21)22)23-15-5-4-10-19-17(15)20-11-2-3-12-20/h2-12,16H,1H3,(H,21,22). The van der Waals surface area contributed by atoms with E-state index in [4.69, 9.17) is 4.74 Å². The average Bonchev–Trinajstić information content (AvgIpc) is 3.08. The molecule has 1 atom stereocenters. The summed E-state index contributed by atoms with van der Waals surface area (Å²) in [7, 11) is 0. The van der Waals surface area contributed by atoms with Crippen molar-refractivity contribution in [2.75, 3.05) is 0 Å². The van der Waals surface area contributed by atoms with Crippen LogP contribution in [0.2, 0.25) is 0 Å². The number of benzene rings is 1. The van der Waals surface area contributed by atoms with Gasteiger partial charge in [0.15, 0.2) is 11.6 Å². The van der Waals surface area contributed by atoms with Crippen molar-refractivity contribution in [3.63, 3.8) is 0 Å². The Morgan fingerprint density at radius 1 is 1.13 bits per heavy atom. The lowest BCUT2D eigenvalue weighted by Gasteiger charge is -2.17. The Morgan fingerprint density at radius 3 is 2.48 bits per heavy atom. The molecule has 2 aromatic heterocycles. The number of ether oxygens (including phenoxy) is 1. The number of hydrogen-bond donors (Lipinski definition) is 1. The summed E-state index contributed by atoms with van der Waals surface area (Å²) in [6.07, 6.45) is 4.21. The van der Waals surface area contributed by atoms with Crippen LogP contribution < -0.4 is 4.74 Å². The molecular formula is C18H16N2O3. The van der Waals surface area contributed by atoms with Gasteiger partial charge in [-0.05, 0) is 31.2 Å². The second kappa shape index (κ2) is 6.36. The van der Waals surface area contributed by atoms with Crippen LogP contribution in [0.15, 0.2) is 67.1 Å². The fraction of sp³-hybridized carbons (Fsp3) is 0.111. The highest BCUT2D eigenvalue weighted by Crippen LogP contribution is 2.27. The lowest BCUT2D eigenvalue weighted by molar-refractivity contribution is -0.145. The first kappa shape index (κ1) is 14.8. The van der Waals surface area contributed by atoms with E-state index in [9.17, 15) is 9.90 Å². The number of hydrogen-bond acceptors (Lipinski definition) is 3. The number of aryl methyl sites for hydroxylation is 1. The molecular weight excluding hydrogens is 292 g/mol. The third-order valence-corrected chi connectivity index (χ3v) is 3.45. The van der Waals surface area contributed by atoms with Crippen molar-refractivity contribution in [3.05, 3.63) is 78.2 Å². The minimum Gasteiger partial charge on any atom is -0.478 e. The summed E-state index contributed by atoms with van der Waals surface area (Å²) in [4.78, 5) is 15.9. The van der Waals surface area contributed by atoms with Gasteiger partial charge in [-0.25, -0.2) is 9.78 Å². The molecule has 5 heteroatoms. The number of pyridine rings is 1. The van der Waals surface area contributed by atoms with E-state index in [0.29, 0.717) is 17.1 Å². The monoisotopic (exact) mass is 308 g/mol. The highest BCUT2D eigenvalue weighted by atomic mass is 16.5. The zero-order chi connectivity index (χ0) is 16.2. The molecule has 0 fully saturated rings. The predicted molar refractivity (Wildman–Crippen MR) is 85.7 cm³/mol. The molecule has 3 aromatic rings. The van der Waals surface area contributed by atoms with Gasteiger partial charge in [-0.1, -0.05) is 29.8 Å². The average molecular weight is 308 g/mol. The van der Waals surface area contributed by atoms with Gasteiger partial charge in [0.05, 0.1) is 0 Å². The highest BCUT2D eigenvalue weighted by molar-refractivity contribution is 5.75. The fourth-order valence-electron chi connectivity index (χ4n) is 2.27. The Labute approximate surface area is 133 Å². The summed E-state index contributed by atoms with van der Waals surface area (Å²) in [6.45, 7) is 1.95. The normalized spacial score (nSPS) is 11.9. The number of carboxylic acids is 1. The first-order valence-corrected chi connectivity index (χ1v) is 7.19. The molecule has 0 aliphatic heterocycles. The summed E-state index contributed by atoms with van der Waals surface area (Å²) in [5.41, 5.74) is 1.65. The molecule has 0 saturated heterocycles. The number of carbonyl (C=O) groups is 1. The first-order chi connectivity index (χ1) is 11.1. The number of nitrogens with zero attached hydrogens (tertiary/aromatic N) is 2. The van der Waals surface area contributed by atoms with E-state index in [2.05, 4.69) is 4.98 Å². The Bertz CT molecular complexity index is 795. The van der Waals surface area contributed by atoms with Crippen molar-refractivity contribution < 1.29 is 14.6 Å². The van der Waals surface area contributed by atoms with Crippen molar-refractivity contribution in [1.29, 1.82) is 0 Å². The SMILES string of the molecule is Cc1ccc(C(Oc2cccnc2-n2cccc2)C(=O)O)cc1. The third kappa shape index (κ3) is 3.23. The summed E-state index contributed by atoms with van der Waals surface area (Å²) >= 11 is 0. The zero-order valence-corrected chi connectivity index (χ0v) is 12.6. The summed E-state index contributed by atoms with van der Waals surface area (Å²) < 4.78 is 7.56. The zero-order valence-electron chi connectivity index (χ0n) is 12.6. The Morgan fingerprint density at radius 2 is 1.83 bits per heavy atom. The van der Waals surface area contributed by atoms with Crippen LogP contribution in [0.4, 0.5) is 0 Å². The van der Waals surface area contributed by atoms with Gasteiger partial charge in [0.25, 0.3) is 0 Å². The lowest BCUT2D eigenvalue weighted by Crippen LogP contribution is -2.19. The van der Waals surface area contributed by atoms with Crippen LogP contribution in [0.3, 0.4) is 0 Å². The molecule has 0 saturated carbocycles. The Hall–Kier alpha value is -3.08. The van der Waals surface area contributed by atoms with Crippen molar-refractivity contribution in [2.24, 2.45) is 0 Å². The van der Waals surface area contributed by atoms with Gasteiger partial charge in [-0.3, -0.25) is 0 Å². The van der Waals surface area contributed by atoms with Crippen molar-refractivity contribution in [3.8, 4) is 11.6 Å². The summed E-state index contributed by atoms with van der Waals surface area (Å²) in [5, 5.41) is 9.53. The quantitative estimate of drug-likeness (QED) is 0.784. The predicted octanol–water partition coefficient (Wildman–Crippen LogP) is 3.39. The molecule has 0 spiro atoms. The molecule has 1 unspecified atom stereocenters. The maximum absolute atomic E-state index is 11.6. The van der Waals surface area contributed by atoms with Gasteiger partial charge < -0.3 is 14.4 Å². The molecule has 0 bridgehead atoms. The molecule has 5 nitrogen and oxygen atoms in total. The van der Waals surface area contributed by atoms with Crippen molar-refractivity contribution in [2.45, 2.75) is 13.0 Å². The van der Waals surface area contributed by atoms with Crippen LogP contribution in [0.1, 0.15) is 17.2 Å². The highest BCUT2D eigenvalue weighted by Gasteiger charge is 2.23. The molecule has 0 aliphatic rings. The Balaban J connectivity index is 1.96. The van der Waals surface area contributed by atoms with Crippen LogP contribution in [0, 0.1) is 6.92 Å². The van der Waals surface area contributed by atoms with E-state index in [0.717, 1.165) is 5.56 Å². The number of aliphatic carboxylic acids is 1. The van der Waals surface area contributed by atoms with Gasteiger partial charge in [-0.2, -0.15) is 0 Å². The third-order valence-electron chi connectivity index (χ3n) is 3.45. The van der Waals surface area contributed by atoms with E-state index < -0.39 is 12.1 Å². The minimum absolute atomic E-state index is 0.414. The summed E-state index contributed by atoms with van der Waals surface area (Å²) in [5.74, 6) is -0.0799. The molecule has 0 radical (unpaired) electrons. The van der Waals surface area contributed by atoms with E-state index in [-0.39, 0.29) is 0 Å². The molecule has 23 heavy (non-hydrogen) atoms. The lowest BCUT2D eigenvalue weighted by atomic mass is 10.1. The topological polar surface area (TPSA) is 64.4 Å². The maximum atomic E-state index is 11.6. The van der Waals surface area contributed by atoms with Crippen LogP contribution >= 0.6 is 0 Å². The maximum Gasteiger partial charge on any atom is 0.349 e. The van der Waals surface area contributed by atoms with E-state index >= 15 is 0 Å². The first-order valence-electron chi connectivity index (χ1n) is 7.19. The van der Waals surface area contributed by atoms with Gasteiger partial charge in [-0.15, -0.1) is 0 Å². The van der Waals surface area contributed by atoms with Gasteiger partial charge in [0.2, 0.25) is 6.10 Å². The molecule has 3 rings (SSSR count). The molecule has 2 heterocycles. The second-order valence-corrected chi connectivity index (χ2v) is 5.16. The fourth-order valence-corrected chi connectivity index (χ4v) is 2.27. The van der Waals surface area contributed by atoms with Crippen LogP contribution in [0.5, 0.6) is 5.75 Å². The van der Waals surface area contributed by atoms with E-state index in [1.165, 1.54) is 0 Å². The van der Waals surface area contributed by atoms with Crippen LogP contribution in [-0.2, 0) is 4.79 Å². The van der Waals surface area contributed by atoms with Crippen molar-refractivity contribution in [1.82, 2.24) is 9.55 Å². The Kier molecular flexibility index (Phi) is 4.10.